The monoisotopic (exact) mass is 278 g/mol. The average molecular weight is 278 g/mol. The minimum absolute atomic E-state index is 0.137. The lowest BCUT2D eigenvalue weighted by molar-refractivity contribution is -0.439. The molecule has 0 spiro atoms. The Morgan fingerprint density at radius 2 is 1.70 bits per heavy atom. The van der Waals surface area contributed by atoms with Crippen LogP contribution in [0.5, 0.6) is 5.75 Å². The number of hydrogen-bond acceptors (Lipinski definition) is 5. The van der Waals surface area contributed by atoms with Gasteiger partial charge in [-0.15, -0.1) is 0 Å². The highest BCUT2D eigenvalue weighted by atomic mass is 16.9. The van der Waals surface area contributed by atoms with Crippen molar-refractivity contribution in [1.29, 1.82) is 0 Å². The second kappa shape index (κ2) is 4.84. The molecule has 3 heterocycles. The lowest BCUT2D eigenvalue weighted by Gasteiger charge is -2.49. The molecule has 0 amide bonds. The number of benzene rings is 1. The zero-order valence-electron chi connectivity index (χ0n) is 11.7. The van der Waals surface area contributed by atoms with Gasteiger partial charge in [-0.1, -0.05) is 19.1 Å². The second-order valence-electron chi connectivity index (χ2n) is 5.68. The van der Waals surface area contributed by atoms with Crippen molar-refractivity contribution in [1.82, 2.24) is 0 Å². The first kappa shape index (κ1) is 13.5. The van der Waals surface area contributed by atoms with E-state index >= 15 is 0 Å². The van der Waals surface area contributed by atoms with Gasteiger partial charge in [-0.05, 0) is 17.7 Å². The highest BCUT2D eigenvalue weighted by Crippen LogP contribution is 2.38. The Morgan fingerprint density at radius 1 is 1.15 bits per heavy atom. The lowest BCUT2D eigenvalue weighted by atomic mass is 9.91. The summed E-state index contributed by atoms with van der Waals surface area (Å²) >= 11 is 0. The number of carbonyl (C=O) groups is 1. The molecule has 5 nitrogen and oxygen atoms in total. The number of ketones is 1. The van der Waals surface area contributed by atoms with E-state index in [9.17, 15) is 4.79 Å². The Hall–Kier alpha value is -1.43. The van der Waals surface area contributed by atoms with Crippen LogP contribution in [-0.4, -0.2) is 38.7 Å². The minimum Gasteiger partial charge on any atom is -0.497 e. The molecule has 0 radical (unpaired) electrons. The summed E-state index contributed by atoms with van der Waals surface area (Å²) in [5.74, 6) is -0.948. The van der Waals surface area contributed by atoms with Crippen LogP contribution < -0.4 is 4.74 Å². The molecule has 0 N–H and O–H groups in total. The van der Waals surface area contributed by atoms with Crippen molar-refractivity contribution in [3.63, 3.8) is 0 Å². The van der Waals surface area contributed by atoms with Crippen LogP contribution in [0, 0.1) is 5.41 Å². The summed E-state index contributed by atoms with van der Waals surface area (Å²) in [5.41, 5.74) is 0.738. The van der Waals surface area contributed by atoms with E-state index in [1.165, 1.54) is 0 Å². The summed E-state index contributed by atoms with van der Waals surface area (Å²) in [6.07, 6.45) is 0.209. The Bertz CT molecular complexity index is 483. The SMILES string of the molecule is COc1ccc(CC(=O)C23OCC(C)(CO2)CO3)cc1. The van der Waals surface area contributed by atoms with Crippen LogP contribution in [0.1, 0.15) is 12.5 Å². The molecule has 0 aromatic heterocycles. The van der Waals surface area contributed by atoms with Gasteiger partial charge in [0.1, 0.15) is 5.75 Å². The molecule has 0 atom stereocenters. The third-order valence-corrected chi connectivity index (χ3v) is 3.70. The number of rotatable bonds is 4. The smallest absolute Gasteiger partial charge is 0.347 e. The van der Waals surface area contributed by atoms with E-state index in [4.69, 9.17) is 18.9 Å². The third-order valence-electron chi connectivity index (χ3n) is 3.70. The van der Waals surface area contributed by atoms with E-state index < -0.39 is 5.97 Å². The van der Waals surface area contributed by atoms with Crippen molar-refractivity contribution in [2.45, 2.75) is 19.3 Å². The molecule has 5 heteroatoms. The fourth-order valence-corrected chi connectivity index (χ4v) is 2.34. The third kappa shape index (κ3) is 2.32. The van der Waals surface area contributed by atoms with Crippen molar-refractivity contribution >= 4 is 5.78 Å². The van der Waals surface area contributed by atoms with E-state index in [0.717, 1.165) is 11.3 Å². The molecule has 4 rings (SSSR count). The van der Waals surface area contributed by atoms with E-state index in [2.05, 4.69) is 0 Å². The predicted octanol–water partition coefficient (Wildman–Crippen LogP) is 1.54. The first-order valence-corrected chi connectivity index (χ1v) is 6.63. The van der Waals surface area contributed by atoms with Gasteiger partial charge in [0.05, 0.1) is 26.9 Å². The molecule has 1 aromatic carbocycles. The van der Waals surface area contributed by atoms with Crippen LogP contribution in [0.3, 0.4) is 0 Å². The standard InChI is InChI=1S/C15H18O5/c1-14-8-18-15(19-9-14,20-10-14)13(16)7-11-3-5-12(17-2)6-4-11/h3-6H,7-10H2,1-2H3. The van der Waals surface area contributed by atoms with Crippen molar-refractivity contribution in [3.8, 4) is 5.75 Å². The van der Waals surface area contributed by atoms with Crippen LogP contribution in [0.15, 0.2) is 24.3 Å². The average Bonchev–Trinajstić information content (AvgIpc) is 2.49. The number of hydrogen-bond donors (Lipinski definition) is 0. The van der Waals surface area contributed by atoms with E-state index in [1.54, 1.807) is 7.11 Å². The highest BCUT2D eigenvalue weighted by molar-refractivity contribution is 5.86. The van der Waals surface area contributed by atoms with Gasteiger partial charge >= 0.3 is 5.97 Å². The Labute approximate surface area is 117 Å². The van der Waals surface area contributed by atoms with E-state index in [-0.39, 0.29) is 17.6 Å². The zero-order chi connectivity index (χ0) is 14.2. The Kier molecular flexibility index (Phi) is 3.28. The van der Waals surface area contributed by atoms with Crippen molar-refractivity contribution in [3.05, 3.63) is 29.8 Å². The van der Waals surface area contributed by atoms with Crippen LogP contribution in [-0.2, 0) is 25.4 Å². The summed E-state index contributed by atoms with van der Waals surface area (Å²) in [7, 11) is 1.61. The molecule has 1 aromatic rings. The van der Waals surface area contributed by atoms with Gasteiger partial charge in [-0.3, -0.25) is 4.79 Å². The number of carbonyl (C=O) groups excluding carboxylic acids is 1. The highest BCUT2D eigenvalue weighted by Gasteiger charge is 2.54. The van der Waals surface area contributed by atoms with E-state index in [0.29, 0.717) is 19.8 Å². The maximum absolute atomic E-state index is 12.4. The molecule has 20 heavy (non-hydrogen) atoms. The molecule has 0 saturated carbocycles. The fraction of sp³-hybridized carbons (Fsp3) is 0.533. The van der Waals surface area contributed by atoms with Crippen LogP contribution in [0.25, 0.3) is 0 Å². The van der Waals surface area contributed by atoms with Gasteiger partial charge in [0, 0.05) is 11.8 Å². The van der Waals surface area contributed by atoms with Gasteiger partial charge in [-0.2, -0.15) is 0 Å². The quantitative estimate of drug-likeness (QED) is 0.836. The molecular formula is C15H18O5. The summed E-state index contributed by atoms with van der Waals surface area (Å²) < 4.78 is 21.7. The molecular weight excluding hydrogens is 260 g/mol. The molecule has 108 valence electrons. The topological polar surface area (TPSA) is 54.0 Å². The largest absolute Gasteiger partial charge is 0.497 e. The second-order valence-corrected chi connectivity index (χ2v) is 5.68. The summed E-state index contributed by atoms with van der Waals surface area (Å²) in [5, 5.41) is 0. The molecule has 3 saturated heterocycles. The number of methoxy groups -OCH3 is 1. The molecule has 2 bridgehead atoms. The van der Waals surface area contributed by atoms with Gasteiger partial charge in [0.25, 0.3) is 0 Å². The van der Waals surface area contributed by atoms with Crippen LogP contribution >= 0.6 is 0 Å². The Balaban J connectivity index is 1.70. The molecule has 3 aliphatic heterocycles. The van der Waals surface area contributed by atoms with Crippen molar-refractivity contribution < 1.29 is 23.7 Å². The summed E-state index contributed by atoms with van der Waals surface area (Å²) in [4.78, 5) is 12.4. The number of ether oxygens (including phenoxy) is 4. The van der Waals surface area contributed by atoms with Crippen molar-refractivity contribution in [2.24, 2.45) is 5.41 Å². The predicted molar refractivity (Wildman–Crippen MR) is 70.4 cm³/mol. The van der Waals surface area contributed by atoms with Crippen LogP contribution in [0.4, 0.5) is 0 Å². The molecule has 0 aliphatic carbocycles. The molecule has 0 unspecified atom stereocenters. The number of Topliss-reactive ketones (excluding diaryl/α,β-unsaturated/α-hetero) is 1. The van der Waals surface area contributed by atoms with Gasteiger partial charge < -0.3 is 18.9 Å². The van der Waals surface area contributed by atoms with Gasteiger partial charge in [-0.25, -0.2) is 0 Å². The summed E-state index contributed by atoms with van der Waals surface area (Å²) in [6.45, 7) is 3.48. The maximum atomic E-state index is 12.4. The van der Waals surface area contributed by atoms with Gasteiger partial charge in [0.15, 0.2) is 0 Å². The fourth-order valence-electron chi connectivity index (χ4n) is 2.34. The molecule has 3 aliphatic rings. The first-order valence-electron chi connectivity index (χ1n) is 6.63. The maximum Gasteiger partial charge on any atom is 0.347 e. The lowest BCUT2D eigenvalue weighted by Crippen LogP contribution is -2.62. The van der Waals surface area contributed by atoms with Crippen LogP contribution in [0.2, 0.25) is 0 Å². The normalized spacial score (nSPS) is 32.1. The van der Waals surface area contributed by atoms with Gasteiger partial charge in [0.2, 0.25) is 5.78 Å². The minimum atomic E-state index is -1.50. The summed E-state index contributed by atoms with van der Waals surface area (Å²) in [6, 6.07) is 7.34. The zero-order valence-corrected chi connectivity index (χ0v) is 11.7. The van der Waals surface area contributed by atoms with Crippen molar-refractivity contribution in [2.75, 3.05) is 26.9 Å². The number of fused-ring (bicyclic) bond motifs is 3. The van der Waals surface area contributed by atoms with E-state index in [1.807, 2.05) is 31.2 Å². The molecule has 3 fully saturated rings. The first-order chi connectivity index (χ1) is 9.55. The Morgan fingerprint density at radius 3 is 2.20 bits per heavy atom.